The minimum atomic E-state index is -1.02. The highest BCUT2D eigenvalue weighted by Crippen LogP contribution is 2.35. The zero-order valence-corrected chi connectivity index (χ0v) is 16.7. The van der Waals surface area contributed by atoms with Crippen LogP contribution >= 0.6 is 0 Å². The molecule has 1 atom stereocenters. The number of nitrogens with zero attached hydrogens (tertiary/aromatic N) is 1. The van der Waals surface area contributed by atoms with Crippen molar-refractivity contribution in [2.24, 2.45) is 0 Å². The third-order valence-corrected chi connectivity index (χ3v) is 5.56. The molecule has 29 heavy (non-hydrogen) atoms. The van der Waals surface area contributed by atoms with Crippen molar-refractivity contribution in [1.82, 2.24) is 5.32 Å². The van der Waals surface area contributed by atoms with Gasteiger partial charge in [0.25, 0.3) is 5.91 Å². The van der Waals surface area contributed by atoms with E-state index in [0.717, 1.165) is 22.4 Å². The summed E-state index contributed by atoms with van der Waals surface area (Å²) in [4.78, 5) is 28.5. The van der Waals surface area contributed by atoms with E-state index in [1.807, 2.05) is 92.7 Å². The summed E-state index contributed by atoms with van der Waals surface area (Å²) >= 11 is 0. The molecule has 0 aromatic heterocycles. The van der Waals surface area contributed by atoms with Crippen molar-refractivity contribution >= 4 is 17.5 Å². The zero-order valence-electron chi connectivity index (χ0n) is 16.7. The fourth-order valence-corrected chi connectivity index (χ4v) is 3.92. The molecule has 0 radical (unpaired) electrons. The van der Waals surface area contributed by atoms with Gasteiger partial charge in [0, 0.05) is 24.2 Å². The molecule has 4 nitrogen and oxygen atoms in total. The van der Waals surface area contributed by atoms with Gasteiger partial charge in [0.05, 0.1) is 0 Å². The first-order chi connectivity index (χ1) is 14.0. The zero-order chi connectivity index (χ0) is 20.4. The van der Waals surface area contributed by atoms with E-state index in [1.54, 1.807) is 4.90 Å². The molecular weight excluding hydrogens is 360 g/mol. The van der Waals surface area contributed by atoms with Crippen molar-refractivity contribution < 1.29 is 9.59 Å². The number of hydrogen-bond acceptors (Lipinski definition) is 2. The van der Waals surface area contributed by atoms with E-state index in [9.17, 15) is 9.59 Å². The number of amides is 2. The smallest absolute Gasteiger partial charge is 0.259 e. The molecule has 0 unspecified atom stereocenters. The van der Waals surface area contributed by atoms with E-state index in [4.69, 9.17) is 0 Å². The Balaban J connectivity index is 1.71. The monoisotopic (exact) mass is 384 g/mol. The number of carbonyl (C=O) groups excluding carboxylic acids is 2. The van der Waals surface area contributed by atoms with Crippen LogP contribution in [0, 0.1) is 6.92 Å². The van der Waals surface area contributed by atoms with E-state index < -0.39 is 5.54 Å². The van der Waals surface area contributed by atoms with Gasteiger partial charge < -0.3 is 5.32 Å². The first kappa shape index (κ1) is 18.9. The van der Waals surface area contributed by atoms with Crippen molar-refractivity contribution in [1.29, 1.82) is 0 Å². The fourth-order valence-electron chi connectivity index (χ4n) is 3.92. The Bertz CT molecular complexity index is 1040. The average Bonchev–Trinajstić information content (AvgIpc) is 2.74. The molecule has 3 aromatic carbocycles. The molecule has 1 aliphatic rings. The number of aryl methyl sites for hydroxylation is 1. The molecule has 1 heterocycles. The van der Waals surface area contributed by atoms with Gasteiger partial charge in [0.15, 0.2) is 0 Å². The van der Waals surface area contributed by atoms with Gasteiger partial charge in [0.2, 0.25) is 5.91 Å². The van der Waals surface area contributed by atoms with Crippen LogP contribution in [0.5, 0.6) is 0 Å². The molecule has 2 amide bonds. The summed E-state index contributed by atoms with van der Waals surface area (Å²) in [5.74, 6) is -0.308. The second kappa shape index (κ2) is 7.55. The van der Waals surface area contributed by atoms with Crippen molar-refractivity contribution in [2.45, 2.75) is 32.4 Å². The standard InChI is InChI=1S/C25H24N2O2/c1-18-12-14-21(15-13-18)27-23(28)22-11-7-6-10-20(22)16-25(27,2)24(29)26-17-19-8-4-3-5-9-19/h3-15H,16-17H2,1-2H3,(H,26,29)/t25-/m0/s1. The van der Waals surface area contributed by atoms with Gasteiger partial charge in [-0.15, -0.1) is 0 Å². The second-order valence-corrected chi connectivity index (χ2v) is 7.75. The lowest BCUT2D eigenvalue weighted by Gasteiger charge is -2.44. The summed E-state index contributed by atoms with van der Waals surface area (Å²) in [5, 5.41) is 3.04. The quantitative estimate of drug-likeness (QED) is 0.730. The normalized spacial score (nSPS) is 18.3. The molecule has 0 saturated heterocycles. The highest BCUT2D eigenvalue weighted by Gasteiger charge is 2.47. The highest BCUT2D eigenvalue weighted by atomic mass is 16.2. The fraction of sp³-hybridized carbons (Fsp3) is 0.200. The Morgan fingerprint density at radius 1 is 0.966 bits per heavy atom. The Hall–Kier alpha value is -3.40. The van der Waals surface area contributed by atoms with Crippen LogP contribution in [0.4, 0.5) is 5.69 Å². The Kier molecular flexibility index (Phi) is 4.93. The maximum absolute atomic E-state index is 13.4. The lowest BCUT2D eigenvalue weighted by molar-refractivity contribution is -0.126. The molecular formula is C25H24N2O2. The summed E-state index contributed by atoms with van der Waals surface area (Å²) in [6, 6.07) is 25.1. The number of benzene rings is 3. The largest absolute Gasteiger partial charge is 0.350 e. The number of rotatable bonds is 4. The minimum Gasteiger partial charge on any atom is -0.350 e. The van der Waals surface area contributed by atoms with Crippen LogP contribution in [0.1, 0.15) is 34.0 Å². The van der Waals surface area contributed by atoms with Crippen LogP contribution in [-0.2, 0) is 17.8 Å². The number of carbonyl (C=O) groups is 2. The lowest BCUT2D eigenvalue weighted by atomic mass is 9.82. The van der Waals surface area contributed by atoms with Crippen LogP contribution in [0.25, 0.3) is 0 Å². The van der Waals surface area contributed by atoms with Crippen LogP contribution in [0.2, 0.25) is 0 Å². The maximum atomic E-state index is 13.4. The van der Waals surface area contributed by atoms with Crippen LogP contribution in [0.15, 0.2) is 78.9 Å². The van der Waals surface area contributed by atoms with E-state index in [0.29, 0.717) is 18.5 Å². The van der Waals surface area contributed by atoms with Gasteiger partial charge in [-0.25, -0.2) is 0 Å². The summed E-state index contributed by atoms with van der Waals surface area (Å²) in [5.41, 5.74) is 3.39. The lowest BCUT2D eigenvalue weighted by Crippen LogP contribution is -2.63. The summed E-state index contributed by atoms with van der Waals surface area (Å²) in [6.07, 6.45) is 0.462. The van der Waals surface area contributed by atoms with Crippen molar-refractivity contribution in [3.8, 4) is 0 Å². The van der Waals surface area contributed by atoms with Crippen LogP contribution in [0.3, 0.4) is 0 Å². The highest BCUT2D eigenvalue weighted by molar-refractivity contribution is 6.14. The maximum Gasteiger partial charge on any atom is 0.259 e. The summed E-state index contributed by atoms with van der Waals surface area (Å²) < 4.78 is 0. The van der Waals surface area contributed by atoms with Gasteiger partial charge in [-0.3, -0.25) is 14.5 Å². The Morgan fingerprint density at radius 3 is 2.34 bits per heavy atom. The number of hydrogen-bond donors (Lipinski definition) is 1. The molecule has 1 aliphatic heterocycles. The van der Waals surface area contributed by atoms with E-state index >= 15 is 0 Å². The molecule has 1 N–H and O–H groups in total. The van der Waals surface area contributed by atoms with E-state index in [1.165, 1.54) is 0 Å². The predicted molar refractivity (Wildman–Crippen MR) is 115 cm³/mol. The molecule has 0 fully saturated rings. The van der Waals surface area contributed by atoms with Gasteiger partial charge in [-0.05, 0) is 43.2 Å². The first-order valence-corrected chi connectivity index (χ1v) is 9.80. The topological polar surface area (TPSA) is 49.4 Å². The van der Waals surface area contributed by atoms with Crippen LogP contribution < -0.4 is 10.2 Å². The molecule has 146 valence electrons. The van der Waals surface area contributed by atoms with E-state index in [-0.39, 0.29) is 11.8 Å². The molecule has 4 rings (SSSR count). The van der Waals surface area contributed by atoms with Gasteiger partial charge in [0.1, 0.15) is 5.54 Å². The summed E-state index contributed by atoms with van der Waals surface area (Å²) in [7, 11) is 0. The SMILES string of the molecule is Cc1ccc(N2C(=O)c3ccccc3C[C@@]2(C)C(=O)NCc2ccccc2)cc1. The number of anilines is 1. The molecule has 0 spiro atoms. The Morgan fingerprint density at radius 2 is 1.62 bits per heavy atom. The summed E-state index contributed by atoms with van der Waals surface area (Å²) in [6.45, 7) is 4.27. The third-order valence-electron chi connectivity index (χ3n) is 5.56. The molecule has 0 bridgehead atoms. The Labute approximate surface area is 171 Å². The third kappa shape index (κ3) is 3.54. The van der Waals surface area contributed by atoms with Gasteiger partial charge in [-0.1, -0.05) is 66.2 Å². The van der Waals surface area contributed by atoms with E-state index in [2.05, 4.69) is 5.32 Å². The van der Waals surface area contributed by atoms with Crippen molar-refractivity contribution in [2.75, 3.05) is 4.90 Å². The number of fused-ring (bicyclic) bond motifs is 1. The second-order valence-electron chi connectivity index (χ2n) is 7.75. The molecule has 0 saturated carbocycles. The van der Waals surface area contributed by atoms with Crippen molar-refractivity contribution in [3.63, 3.8) is 0 Å². The molecule has 4 heteroatoms. The molecule has 0 aliphatic carbocycles. The minimum absolute atomic E-state index is 0.145. The molecule has 3 aromatic rings. The first-order valence-electron chi connectivity index (χ1n) is 9.80. The van der Waals surface area contributed by atoms with Crippen LogP contribution in [-0.4, -0.2) is 17.4 Å². The van der Waals surface area contributed by atoms with Crippen molar-refractivity contribution in [3.05, 3.63) is 101 Å². The van der Waals surface area contributed by atoms with Gasteiger partial charge >= 0.3 is 0 Å². The predicted octanol–water partition coefficient (Wildman–Crippen LogP) is 4.27. The average molecular weight is 384 g/mol. The number of nitrogens with one attached hydrogen (secondary N) is 1. The van der Waals surface area contributed by atoms with Gasteiger partial charge in [-0.2, -0.15) is 0 Å².